The van der Waals surface area contributed by atoms with Gasteiger partial charge in [0.05, 0.1) is 0 Å². The Balaban J connectivity index is 2.62. The molecule has 0 saturated heterocycles. The molecule has 2 amide bonds. The van der Waals surface area contributed by atoms with Gasteiger partial charge in [-0.2, -0.15) is 0 Å². The summed E-state index contributed by atoms with van der Waals surface area (Å²) in [4.78, 5) is 21.2. The van der Waals surface area contributed by atoms with Gasteiger partial charge >= 0.3 is 6.03 Å². The lowest BCUT2D eigenvalue weighted by atomic mass is 9.95. The summed E-state index contributed by atoms with van der Waals surface area (Å²) >= 11 is 0. The van der Waals surface area contributed by atoms with Gasteiger partial charge in [-0.25, -0.2) is 14.9 Å². The molecular weight excluding hydrogens is 174 g/mol. The Morgan fingerprint density at radius 1 is 1.38 bits per heavy atom. The van der Waals surface area contributed by atoms with Crippen LogP contribution in [0.4, 0.5) is 4.79 Å². The number of nitrogens with zero attached hydrogens (tertiary/aromatic N) is 2. The summed E-state index contributed by atoms with van der Waals surface area (Å²) in [5.41, 5.74) is 4.91. The van der Waals surface area contributed by atoms with Gasteiger partial charge in [0.1, 0.15) is 6.04 Å². The van der Waals surface area contributed by atoms with E-state index in [1.165, 1.54) is 0 Å². The summed E-state index contributed by atoms with van der Waals surface area (Å²) in [6, 6.07) is -1.27. The Kier molecular flexibility index (Phi) is 3.05. The van der Waals surface area contributed by atoms with Crippen molar-refractivity contribution in [3.05, 3.63) is 10.1 Å². The molecule has 0 aromatic heterocycles. The Hall–Kier alpha value is -1.33. The van der Waals surface area contributed by atoms with E-state index >= 15 is 0 Å². The smallest absolute Gasteiger partial charge is 0.347 e. The molecule has 1 rings (SSSR count). The minimum atomic E-state index is -0.961. The lowest BCUT2D eigenvalue weighted by molar-refractivity contribution is -0.641. The Labute approximate surface area is 75.8 Å². The fourth-order valence-electron chi connectivity index (χ4n) is 1.72. The third kappa shape index (κ3) is 2.30. The van der Waals surface area contributed by atoms with Crippen molar-refractivity contribution in [1.29, 1.82) is 0 Å². The number of urea groups is 1. The van der Waals surface area contributed by atoms with Gasteiger partial charge in [-0.15, -0.1) is 0 Å². The van der Waals surface area contributed by atoms with E-state index < -0.39 is 11.1 Å². The second-order valence-corrected chi connectivity index (χ2v) is 3.21. The maximum atomic E-state index is 10.7. The molecule has 74 valence electrons. The SMILES string of the molecule is NC(=O)N(C1CCCCC1)[N+](=O)[O-]. The van der Waals surface area contributed by atoms with E-state index in [0.717, 1.165) is 19.3 Å². The number of rotatable bonds is 2. The minimum absolute atomic E-state index is 0.304. The van der Waals surface area contributed by atoms with Crippen molar-refractivity contribution < 1.29 is 9.83 Å². The van der Waals surface area contributed by atoms with Crippen LogP contribution in [0.3, 0.4) is 0 Å². The Morgan fingerprint density at radius 3 is 2.31 bits per heavy atom. The number of primary amides is 1. The largest absolute Gasteiger partial charge is 0.373 e. The lowest BCUT2D eigenvalue weighted by Gasteiger charge is -2.24. The van der Waals surface area contributed by atoms with Crippen LogP contribution < -0.4 is 5.73 Å². The number of amides is 2. The van der Waals surface area contributed by atoms with Gasteiger partial charge in [0.2, 0.25) is 0 Å². The van der Waals surface area contributed by atoms with E-state index in [4.69, 9.17) is 5.73 Å². The highest BCUT2D eigenvalue weighted by molar-refractivity contribution is 5.70. The number of carbonyl (C=O) groups is 1. The molecule has 0 aliphatic heterocycles. The number of nitro groups is 1. The second kappa shape index (κ2) is 4.06. The zero-order valence-corrected chi connectivity index (χ0v) is 7.31. The highest BCUT2D eigenvalue weighted by atomic mass is 16.7. The highest BCUT2D eigenvalue weighted by Gasteiger charge is 2.32. The van der Waals surface area contributed by atoms with Crippen LogP contribution in [-0.2, 0) is 0 Å². The topological polar surface area (TPSA) is 89.5 Å². The van der Waals surface area contributed by atoms with E-state index in [1.807, 2.05) is 0 Å². The van der Waals surface area contributed by atoms with Crippen molar-refractivity contribution in [2.75, 3.05) is 0 Å². The molecule has 1 fully saturated rings. The van der Waals surface area contributed by atoms with Gasteiger partial charge in [0, 0.05) is 0 Å². The second-order valence-electron chi connectivity index (χ2n) is 3.21. The van der Waals surface area contributed by atoms with Crippen molar-refractivity contribution in [2.45, 2.75) is 38.1 Å². The van der Waals surface area contributed by atoms with Gasteiger partial charge in [0.25, 0.3) is 0 Å². The van der Waals surface area contributed by atoms with Crippen molar-refractivity contribution in [2.24, 2.45) is 5.73 Å². The number of hydrogen-bond donors (Lipinski definition) is 1. The first kappa shape index (κ1) is 9.76. The van der Waals surface area contributed by atoms with Crippen LogP contribution in [0.2, 0.25) is 0 Å². The van der Waals surface area contributed by atoms with Gasteiger partial charge in [-0.3, -0.25) is 0 Å². The monoisotopic (exact) mass is 187 g/mol. The van der Waals surface area contributed by atoms with Crippen LogP contribution in [0.25, 0.3) is 0 Å². The fourth-order valence-corrected chi connectivity index (χ4v) is 1.72. The minimum Gasteiger partial charge on any atom is -0.347 e. The molecular formula is C7H13N3O3. The predicted octanol–water partition coefficient (Wildman–Crippen LogP) is 0.891. The van der Waals surface area contributed by atoms with Crippen LogP contribution in [-0.4, -0.2) is 22.1 Å². The van der Waals surface area contributed by atoms with E-state index in [1.54, 1.807) is 0 Å². The average molecular weight is 187 g/mol. The molecule has 0 atom stereocenters. The summed E-state index contributed by atoms with van der Waals surface area (Å²) in [7, 11) is 0. The molecule has 1 saturated carbocycles. The summed E-state index contributed by atoms with van der Waals surface area (Å²) in [5.74, 6) is 0. The van der Waals surface area contributed by atoms with Crippen LogP contribution in [0.1, 0.15) is 32.1 Å². The maximum Gasteiger partial charge on any atom is 0.373 e. The van der Waals surface area contributed by atoms with Gasteiger partial charge in [0.15, 0.2) is 5.03 Å². The van der Waals surface area contributed by atoms with E-state index in [9.17, 15) is 14.9 Å². The number of carbonyl (C=O) groups excluding carboxylic acids is 1. The zero-order valence-electron chi connectivity index (χ0n) is 7.31. The van der Waals surface area contributed by atoms with Crippen molar-refractivity contribution in [3.63, 3.8) is 0 Å². The first-order chi connectivity index (χ1) is 6.13. The average Bonchev–Trinajstić information content (AvgIpc) is 2.04. The highest BCUT2D eigenvalue weighted by Crippen LogP contribution is 2.22. The van der Waals surface area contributed by atoms with Crippen molar-refractivity contribution in [3.8, 4) is 0 Å². The number of hydrazine groups is 1. The standard InChI is InChI=1S/C7H13N3O3/c8-7(11)9(10(12)13)6-4-2-1-3-5-6/h6H,1-5H2,(H2,8,11). The Bertz CT molecular complexity index is 199. The molecule has 0 bridgehead atoms. The lowest BCUT2D eigenvalue weighted by Crippen LogP contribution is -2.47. The maximum absolute atomic E-state index is 10.7. The molecule has 0 aromatic carbocycles. The van der Waals surface area contributed by atoms with Gasteiger partial charge in [-0.05, 0) is 17.9 Å². The van der Waals surface area contributed by atoms with Gasteiger partial charge in [-0.1, -0.05) is 19.3 Å². The van der Waals surface area contributed by atoms with Crippen LogP contribution in [0.5, 0.6) is 0 Å². The third-order valence-electron chi connectivity index (χ3n) is 2.32. The molecule has 1 aliphatic carbocycles. The van der Waals surface area contributed by atoms with Crippen LogP contribution >= 0.6 is 0 Å². The Morgan fingerprint density at radius 2 is 1.92 bits per heavy atom. The third-order valence-corrected chi connectivity index (χ3v) is 2.32. The first-order valence-electron chi connectivity index (χ1n) is 4.36. The summed E-state index contributed by atoms with van der Waals surface area (Å²) in [5, 5.41) is 10.3. The summed E-state index contributed by atoms with van der Waals surface area (Å²) in [6.45, 7) is 0. The van der Waals surface area contributed by atoms with Crippen LogP contribution in [0, 0.1) is 10.1 Å². The van der Waals surface area contributed by atoms with Gasteiger partial charge < -0.3 is 5.73 Å². The quantitative estimate of drug-likeness (QED) is 0.514. The molecule has 6 heteroatoms. The normalized spacial score (nSPS) is 18.2. The van der Waals surface area contributed by atoms with E-state index in [-0.39, 0.29) is 6.04 Å². The number of nitrogens with two attached hydrogens (primary N) is 1. The molecule has 1 aliphatic rings. The van der Waals surface area contributed by atoms with E-state index in [2.05, 4.69) is 0 Å². The molecule has 0 aromatic rings. The van der Waals surface area contributed by atoms with Crippen molar-refractivity contribution in [1.82, 2.24) is 5.01 Å². The van der Waals surface area contributed by atoms with E-state index in [0.29, 0.717) is 17.9 Å². The molecule has 2 N–H and O–H groups in total. The molecule has 0 heterocycles. The molecule has 13 heavy (non-hydrogen) atoms. The fraction of sp³-hybridized carbons (Fsp3) is 0.857. The zero-order chi connectivity index (χ0) is 9.84. The summed E-state index contributed by atoms with van der Waals surface area (Å²) in [6.07, 6.45) is 4.32. The predicted molar refractivity (Wildman–Crippen MR) is 45.3 cm³/mol. The molecule has 0 unspecified atom stereocenters. The first-order valence-corrected chi connectivity index (χ1v) is 4.36. The van der Waals surface area contributed by atoms with Crippen LogP contribution in [0.15, 0.2) is 0 Å². The number of hydrogen-bond acceptors (Lipinski definition) is 3. The van der Waals surface area contributed by atoms with Crippen molar-refractivity contribution >= 4 is 6.03 Å². The molecule has 6 nitrogen and oxygen atoms in total. The molecule has 0 spiro atoms. The molecule has 0 radical (unpaired) electrons. The summed E-state index contributed by atoms with van der Waals surface area (Å²) < 4.78 is 0.